The van der Waals surface area contributed by atoms with Crippen LogP contribution in [0.1, 0.15) is 77.4 Å². The highest BCUT2D eigenvalue weighted by atomic mass is 16.5. The Bertz CT molecular complexity index is 517. The summed E-state index contributed by atoms with van der Waals surface area (Å²) < 4.78 is 5.28. The van der Waals surface area contributed by atoms with Gasteiger partial charge in [0.05, 0.1) is 0 Å². The van der Waals surface area contributed by atoms with Crippen LogP contribution in [0.15, 0.2) is 9.52 Å². The highest BCUT2D eigenvalue weighted by molar-refractivity contribution is 5.79. The third-order valence-corrected chi connectivity index (χ3v) is 4.96. The topological polar surface area (TPSA) is 75.3 Å². The normalized spacial score (nSPS) is 17.5. The maximum atomic E-state index is 5.28. The Morgan fingerprint density at radius 2 is 2.00 bits per heavy atom. The van der Waals surface area contributed by atoms with Gasteiger partial charge in [-0.15, -0.1) is 0 Å². The molecule has 1 aliphatic carbocycles. The average molecular weight is 335 g/mol. The molecule has 0 amide bonds. The van der Waals surface area contributed by atoms with Gasteiger partial charge in [-0.25, -0.2) is 0 Å². The van der Waals surface area contributed by atoms with Crippen LogP contribution in [0.25, 0.3) is 0 Å². The second-order valence-corrected chi connectivity index (χ2v) is 7.13. The van der Waals surface area contributed by atoms with Gasteiger partial charge in [-0.2, -0.15) is 4.98 Å². The zero-order valence-electron chi connectivity index (χ0n) is 15.7. The molecule has 0 bridgehead atoms. The molecule has 1 aromatic heterocycles. The van der Waals surface area contributed by atoms with Crippen molar-refractivity contribution < 1.29 is 4.52 Å². The summed E-state index contributed by atoms with van der Waals surface area (Å²) in [4.78, 5) is 9.24. The van der Waals surface area contributed by atoms with Gasteiger partial charge < -0.3 is 15.2 Å². The molecule has 1 heterocycles. The van der Waals surface area contributed by atoms with Crippen LogP contribution >= 0.6 is 0 Å². The predicted octanol–water partition coefficient (Wildman–Crippen LogP) is 3.26. The molecule has 1 aromatic rings. The maximum Gasteiger partial charge on any atom is 0.228 e. The van der Waals surface area contributed by atoms with Crippen molar-refractivity contribution in [3.63, 3.8) is 0 Å². The van der Waals surface area contributed by atoms with Gasteiger partial charge >= 0.3 is 0 Å². The summed E-state index contributed by atoms with van der Waals surface area (Å²) in [7, 11) is 0. The Morgan fingerprint density at radius 1 is 1.25 bits per heavy atom. The molecule has 1 saturated carbocycles. The molecule has 0 aromatic carbocycles. The van der Waals surface area contributed by atoms with Crippen molar-refractivity contribution in [3.05, 3.63) is 11.7 Å². The van der Waals surface area contributed by atoms with Crippen molar-refractivity contribution in [2.75, 3.05) is 19.6 Å². The summed E-state index contributed by atoms with van der Waals surface area (Å²) in [5, 5.41) is 10.7. The van der Waals surface area contributed by atoms with Crippen LogP contribution in [0.4, 0.5) is 0 Å². The van der Waals surface area contributed by atoms with Gasteiger partial charge in [-0.1, -0.05) is 38.8 Å². The van der Waals surface area contributed by atoms with Crippen LogP contribution in [-0.4, -0.2) is 35.7 Å². The van der Waals surface area contributed by atoms with Crippen LogP contribution in [-0.2, 0) is 6.42 Å². The third-order valence-electron chi connectivity index (χ3n) is 4.96. The molecule has 0 spiro atoms. The standard InChI is InChI=1S/C18H33N5O/c1-5-18(10-7-8-11-18)13-21-17(19-6-2)20-12-9-15-22-16(14(3)4)23-24-15/h14H,5-13H2,1-4H3,(H2,19,20,21). The van der Waals surface area contributed by atoms with Gasteiger partial charge in [-0.05, 0) is 31.6 Å². The van der Waals surface area contributed by atoms with E-state index in [9.17, 15) is 0 Å². The Kier molecular flexibility index (Phi) is 7.06. The molecule has 136 valence electrons. The van der Waals surface area contributed by atoms with Crippen LogP contribution < -0.4 is 10.6 Å². The number of hydrogen-bond acceptors (Lipinski definition) is 4. The van der Waals surface area contributed by atoms with E-state index in [4.69, 9.17) is 9.52 Å². The molecule has 6 heteroatoms. The van der Waals surface area contributed by atoms with Crippen molar-refractivity contribution in [1.29, 1.82) is 0 Å². The average Bonchev–Trinajstić information content (AvgIpc) is 3.23. The lowest BCUT2D eigenvalue weighted by molar-refractivity contribution is 0.297. The van der Waals surface area contributed by atoms with Gasteiger partial charge in [0.25, 0.3) is 0 Å². The molecule has 1 fully saturated rings. The van der Waals surface area contributed by atoms with E-state index in [1.54, 1.807) is 0 Å². The summed E-state index contributed by atoms with van der Waals surface area (Å²) in [6, 6.07) is 0. The van der Waals surface area contributed by atoms with E-state index < -0.39 is 0 Å². The number of aliphatic imine (C=N–C) groups is 1. The van der Waals surface area contributed by atoms with Crippen molar-refractivity contribution in [2.24, 2.45) is 10.4 Å². The van der Waals surface area contributed by atoms with E-state index in [2.05, 4.69) is 48.5 Å². The van der Waals surface area contributed by atoms with E-state index in [0.717, 1.165) is 31.4 Å². The first-order chi connectivity index (χ1) is 11.6. The van der Waals surface area contributed by atoms with E-state index in [1.165, 1.54) is 32.1 Å². The summed E-state index contributed by atoms with van der Waals surface area (Å²) in [6.07, 6.45) is 7.25. The first kappa shape index (κ1) is 18.7. The lowest BCUT2D eigenvalue weighted by Gasteiger charge is -2.25. The number of hydrogen-bond donors (Lipinski definition) is 2. The highest BCUT2D eigenvalue weighted by Gasteiger charge is 2.31. The molecule has 24 heavy (non-hydrogen) atoms. The Hall–Kier alpha value is -1.59. The van der Waals surface area contributed by atoms with Crippen LogP contribution in [0, 0.1) is 5.41 Å². The quantitative estimate of drug-likeness (QED) is 0.563. The molecule has 2 rings (SSSR count). The number of rotatable bonds is 8. The fourth-order valence-corrected chi connectivity index (χ4v) is 3.23. The number of guanidine groups is 1. The third kappa shape index (κ3) is 5.21. The summed E-state index contributed by atoms with van der Waals surface area (Å²) in [5.74, 6) is 2.64. The molecule has 0 radical (unpaired) electrons. The van der Waals surface area contributed by atoms with Gasteiger partial charge in [0.2, 0.25) is 5.89 Å². The zero-order valence-corrected chi connectivity index (χ0v) is 15.7. The summed E-state index contributed by atoms with van der Waals surface area (Å²) >= 11 is 0. The highest BCUT2D eigenvalue weighted by Crippen LogP contribution is 2.41. The minimum absolute atomic E-state index is 0.297. The molecule has 0 saturated heterocycles. The molecule has 1 aliphatic rings. The SMILES string of the molecule is CCNC(=NCC1(CC)CCCC1)NCCc1nc(C(C)C)no1. The van der Waals surface area contributed by atoms with E-state index in [-0.39, 0.29) is 0 Å². The largest absolute Gasteiger partial charge is 0.357 e. The van der Waals surface area contributed by atoms with Gasteiger partial charge in [0.1, 0.15) is 0 Å². The Morgan fingerprint density at radius 3 is 2.58 bits per heavy atom. The van der Waals surface area contributed by atoms with Gasteiger partial charge in [-0.3, -0.25) is 4.99 Å². The molecule has 0 unspecified atom stereocenters. The van der Waals surface area contributed by atoms with Crippen molar-refractivity contribution >= 4 is 5.96 Å². The van der Waals surface area contributed by atoms with Crippen LogP contribution in [0.5, 0.6) is 0 Å². The Balaban J connectivity index is 1.84. The molecule has 2 N–H and O–H groups in total. The smallest absolute Gasteiger partial charge is 0.228 e. The van der Waals surface area contributed by atoms with Crippen molar-refractivity contribution in [2.45, 2.75) is 72.1 Å². The van der Waals surface area contributed by atoms with E-state index in [1.807, 2.05) is 0 Å². The number of aromatic nitrogens is 2. The summed E-state index contributed by atoms with van der Waals surface area (Å²) in [5.41, 5.74) is 0.418. The minimum Gasteiger partial charge on any atom is -0.357 e. The second kappa shape index (κ2) is 9.04. The zero-order chi connectivity index (χ0) is 17.4. The van der Waals surface area contributed by atoms with Crippen molar-refractivity contribution in [1.82, 2.24) is 20.8 Å². The van der Waals surface area contributed by atoms with E-state index in [0.29, 0.717) is 23.6 Å². The summed E-state index contributed by atoms with van der Waals surface area (Å²) in [6.45, 7) is 11.0. The first-order valence-corrected chi connectivity index (χ1v) is 9.43. The van der Waals surface area contributed by atoms with Crippen LogP contribution in [0.2, 0.25) is 0 Å². The maximum absolute atomic E-state index is 5.28. The lowest BCUT2D eigenvalue weighted by atomic mass is 9.84. The van der Waals surface area contributed by atoms with Crippen LogP contribution in [0.3, 0.4) is 0 Å². The fourth-order valence-electron chi connectivity index (χ4n) is 3.23. The van der Waals surface area contributed by atoms with Gasteiger partial charge in [0, 0.05) is 32.0 Å². The minimum atomic E-state index is 0.297. The first-order valence-electron chi connectivity index (χ1n) is 9.43. The number of nitrogens with one attached hydrogen (secondary N) is 2. The molecular weight excluding hydrogens is 302 g/mol. The fraction of sp³-hybridized carbons (Fsp3) is 0.833. The van der Waals surface area contributed by atoms with Gasteiger partial charge in [0.15, 0.2) is 11.8 Å². The molecule has 0 atom stereocenters. The lowest BCUT2D eigenvalue weighted by Crippen LogP contribution is -2.39. The van der Waals surface area contributed by atoms with E-state index >= 15 is 0 Å². The monoisotopic (exact) mass is 335 g/mol. The number of nitrogens with zero attached hydrogens (tertiary/aromatic N) is 3. The van der Waals surface area contributed by atoms with Crippen molar-refractivity contribution in [3.8, 4) is 0 Å². The second-order valence-electron chi connectivity index (χ2n) is 7.13. The molecule has 6 nitrogen and oxygen atoms in total. The predicted molar refractivity (Wildman–Crippen MR) is 97.3 cm³/mol. The molecular formula is C18H33N5O. The Labute approximate surface area is 145 Å². The molecule has 0 aliphatic heterocycles.